The van der Waals surface area contributed by atoms with Crippen molar-refractivity contribution in [2.45, 2.75) is 36.8 Å². The van der Waals surface area contributed by atoms with Gasteiger partial charge in [0.2, 0.25) is 0 Å². The quantitative estimate of drug-likeness (QED) is 0.862. The van der Waals surface area contributed by atoms with Crippen LogP contribution in [0, 0.1) is 0 Å². The lowest BCUT2D eigenvalue weighted by molar-refractivity contribution is -0.0982. The summed E-state index contributed by atoms with van der Waals surface area (Å²) in [6.45, 7) is 3.85. The lowest BCUT2D eigenvalue weighted by Crippen LogP contribution is -2.63. The Balaban J connectivity index is 1.22. The number of likely N-dealkylation sites (tertiary alicyclic amines) is 2. The maximum atomic E-state index is 11.1. The molecular formula is C22H26N4O3. The van der Waals surface area contributed by atoms with Gasteiger partial charge in [0.1, 0.15) is 11.9 Å². The largest absolute Gasteiger partial charge is 0.465 e. The molecule has 0 radical (unpaired) electrons. The molecule has 1 N–H and O–H groups in total. The Kier molecular flexibility index (Phi) is 4.72. The number of aromatic nitrogens is 2. The first kappa shape index (κ1) is 18.5. The van der Waals surface area contributed by atoms with Gasteiger partial charge in [0, 0.05) is 24.0 Å². The van der Waals surface area contributed by atoms with E-state index in [1.807, 2.05) is 12.4 Å². The maximum absolute atomic E-state index is 11.1. The SMILES string of the molecule is O=C(O)N1CC2(CC(N3CCC(c4ccccc4-c4cncnc4)CC3)CO2)C1. The van der Waals surface area contributed by atoms with Crippen molar-refractivity contribution >= 4 is 6.09 Å². The third-order valence-corrected chi connectivity index (χ3v) is 6.74. The molecule has 0 bridgehead atoms. The molecule has 0 saturated carbocycles. The molecule has 5 rings (SSSR count). The minimum Gasteiger partial charge on any atom is -0.465 e. The van der Waals surface area contributed by atoms with Crippen molar-refractivity contribution in [3.63, 3.8) is 0 Å². The molecule has 4 heterocycles. The molecule has 1 aromatic carbocycles. The molecule has 7 nitrogen and oxygen atoms in total. The number of carboxylic acid groups (broad SMARTS) is 1. The van der Waals surface area contributed by atoms with Gasteiger partial charge in [-0.2, -0.15) is 0 Å². The Morgan fingerprint density at radius 2 is 1.86 bits per heavy atom. The highest BCUT2D eigenvalue weighted by atomic mass is 16.5. The van der Waals surface area contributed by atoms with Gasteiger partial charge < -0.3 is 14.7 Å². The Bertz CT molecular complexity index is 877. The number of benzene rings is 1. The average molecular weight is 394 g/mol. The van der Waals surface area contributed by atoms with Crippen LogP contribution >= 0.6 is 0 Å². The second-order valence-electron chi connectivity index (χ2n) is 8.52. The number of nitrogens with zero attached hydrogens (tertiary/aromatic N) is 4. The van der Waals surface area contributed by atoms with Crippen LogP contribution in [-0.4, -0.2) is 75.4 Å². The van der Waals surface area contributed by atoms with Gasteiger partial charge in [0.15, 0.2) is 0 Å². The topological polar surface area (TPSA) is 78.8 Å². The van der Waals surface area contributed by atoms with Gasteiger partial charge in [0.05, 0.1) is 19.7 Å². The second kappa shape index (κ2) is 7.39. The first-order valence-electron chi connectivity index (χ1n) is 10.3. The first-order chi connectivity index (χ1) is 14.1. The highest BCUT2D eigenvalue weighted by Gasteiger charge is 2.52. The normalized spacial score (nSPS) is 24.6. The average Bonchev–Trinajstić information content (AvgIpc) is 3.19. The fraction of sp³-hybridized carbons (Fsp3) is 0.500. The minimum absolute atomic E-state index is 0.236. The van der Waals surface area contributed by atoms with E-state index in [1.54, 1.807) is 6.33 Å². The van der Waals surface area contributed by atoms with Gasteiger partial charge in [-0.1, -0.05) is 24.3 Å². The van der Waals surface area contributed by atoms with Crippen molar-refractivity contribution in [2.75, 3.05) is 32.8 Å². The van der Waals surface area contributed by atoms with E-state index < -0.39 is 6.09 Å². The van der Waals surface area contributed by atoms with Gasteiger partial charge in [-0.05, 0) is 49.4 Å². The lowest BCUT2D eigenvalue weighted by Gasteiger charge is -2.45. The molecule has 29 heavy (non-hydrogen) atoms. The van der Waals surface area contributed by atoms with Crippen molar-refractivity contribution in [2.24, 2.45) is 0 Å². The van der Waals surface area contributed by atoms with Crippen molar-refractivity contribution in [3.05, 3.63) is 48.5 Å². The zero-order valence-corrected chi connectivity index (χ0v) is 16.4. The van der Waals surface area contributed by atoms with E-state index in [9.17, 15) is 4.79 Å². The molecule has 1 aromatic heterocycles. The fourth-order valence-corrected chi connectivity index (χ4v) is 5.19. The Morgan fingerprint density at radius 3 is 2.59 bits per heavy atom. The van der Waals surface area contributed by atoms with Gasteiger partial charge in [0.25, 0.3) is 0 Å². The summed E-state index contributed by atoms with van der Waals surface area (Å²) in [7, 11) is 0. The summed E-state index contributed by atoms with van der Waals surface area (Å²) in [5.41, 5.74) is 3.46. The summed E-state index contributed by atoms with van der Waals surface area (Å²) in [6, 6.07) is 9.01. The van der Waals surface area contributed by atoms with Crippen LogP contribution in [-0.2, 0) is 4.74 Å². The van der Waals surface area contributed by atoms with E-state index in [-0.39, 0.29) is 5.60 Å². The van der Waals surface area contributed by atoms with Crippen LogP contribution in [0.25, 0.3) is 11.1 Å². The highest BCUT2D eigenvalue weighted by Crippen LogP contribution is 2.40. The van der Waals surface area contributed by atoms with Gasteiger partial charge in [-0.25, -0.2) is 14.8 Å². The van der Waals surface area contributed by atoms with Crippen LogP contribution in [0.1, 0.15) is 30.7 Å². The van der Waals surface area contributed by atoms with Crippen LogP contribution in [0.5, 0.6) is 0 Å². The summed E-state index contributed by atoms with van der Waals surface area (Å²) >= 11 is 0. The molecule has 1 atom stereocenters. The summed E-state index contributed by atoms with van der Waals surface area (Å²) in [6.07, 6.45) is 7.68. The van der Waals surface area contributed by atoms with Crippen LogP contribution in [0.15, 0.2) is 43.0 Å². The molecule has 3 fully saturated rings. The number of piperidine rings is 1. The molecule has 0 aliphatic carbocycles. The van der Waals surface area contributed by atoms with Crippen molar-refractivity contribution < 1.29 is 14.6 Å². The first-order valence-corrected chi connectivity index (χ1v) is 10.3. The Labute approximate surface area is 170 Å². The minimum atomic E-state index is -0.842. The van der Waals surface area contributed by atoms with E-state index >= 15 is 0 Å². The number of carbonyl (C=O) groups is 1. The highest BCUT2D eigenvalue weighted by molar-refractivity contribution is 5.67. The predicted molar refractivity (Wildman–Crippen MR) is 108 cm³/mol. The van der Waals surface area contributed by atoms with Crippen molar-refractivity contribution in [3.8, 4) is 11.1 Å². The summed E-state index contributed by atoms with van der Waals surface area (Å²) < 4.78 is 6.05. The molecule has 1 unspecified atom stereocenters. The smallest absolute Gasteiger partial charge is 0.407 e. The Hall–Kier alpha value is -2.51. The van der Waals surface area contributed by atoms with E-state index in [4.69, 9.17) is 9.84 Å². The maximum Gasteiger partial charge on any atom is 0.407 e. The molecule has 2 aromatic rings. The monoisotopic (exact) mass is 394 g/mol. The van der Waals surface area contributed by atoms with Crippen LogP contribution in [0.2, 0.25) is 0 Å². The number of amides is 1. The fourth-order valence-electron chi connectivity index (χ4n) is 5.19. The van der Waals surface area contributed by atoms with E-state index in [1.165, 1.54) is 16.0 Å². The zero-order chi connectivity index (χ0) is 19.8. The summed E-state index contributed by atoms with van der Waals surface area (Å²) in [4.78, 5) is 23.4. The molecule has 3 aliphatic heterocycles. The molecule has 3 aliphatic rings. The van der Waals surface area contributed by atoms with Crippen LogP contribution in [0.3, 0.4) is 0 Å². The van der Waals surface area contributed by atoms with Crippen LogP contribution < -0.4 is 0 Å². The number of hydrogen-bond acceptors (Lipinski definition) is 5. The van der Waals surface area contributed by atoms with E-state index in [0.29, 0.717) is 25.0 Å². The van der Waals surface area contributed by atoms with Gasteiger partial charge >= 0.3 is 6.09 Å². The lowest BCUT2D eigenvalue weighted by atomic mass is 9.84. The zero-order valence-electron chi connectivity index (χ0n) is 16.4. The number of ether oxygens (including phenoxy) is 1. The summed E-state index contributed by atoms with van der Waals surface area (Å²) in [5.74, 6) is 0.533. The van der Waals surface area contributed by atoms with Gasteiger partial charge in [-0.15, -0.1) is 0 Å². The molecule has 1 amide bonds. The van der Waals surface area contributed by atoms with E-state index in [2.05, 4.69) is 39.1 Å². The number of hydrogen-bond donors (Lipinski definition) is 1. The molecule has 1 spiro atoms. The molecule has 3 saturated heterocycles. The number of rotatable bonds is 3. The second-order valence-corrected chi connectivity index (χ2v) is 8.52. The Morgan fingerprint density at radius 1 is 1.14 bits per heavy atom. The van der Waals surface area contributed by atoms with Gasteiger partial charge in [-0.3, -0.25) is 4.90 Å². The van der Waals surface area contributed by atoms with E-state index in [0.717, 1.165) is 44.5 Å². The van der Waals surface area contributed by atoms with Crippen LogP contribution in [0.4, 0.5) is 4.79 Å². The van der Waals surface area contributed by atoms with Crippen molar-refractivity contribution in [1.29, 1.82) is 0 Å². The molecule has 152 valence electrons. The summed E-state index contributed by atoms with van der Waals surface area (Å²) in [5, 5.41) is 9.09. The third-order valence-electron chi connectivity index (χ3n) is 6.74. The molecule has 7 heteroatoms. The standard InChI is InChI=1S/C22H26N4O3/c27-21(28)26-13-22(14-26)9-18(12-29-22)25-7-5-16(6-8-25)19-3-1-2-4-20(19)17-10-23-15-24-11-17/h1-4,10-11,15-16,18H,5-9,12-14H2,(H,27,28). The third kappa shape index (κ3) is 3.49. The predicted octanol–water partition coefficient (Wildman–Crippen LogP) is 2.84. The molecular weight excluding hydrogens is 368 g/mol. The van der Waals surface area contributed by atoms with Crippen molar-refractivity contribution in [1.82, 2.24) is 19.8 Å².